The van der Waals surface area contributed by atoms with Gasteiger partial charge in [-0.1, -0.05) is 0 Å². The van der Waals surface area contributed by atoms with Crippen LogP contribution in [0, 0.1) is 13.8 Å². The Bertz CT molecular complexity index is 598. The molecular weight excluding hydrogens is 254 g/mol. The van der Waals surface area contributed by atoms with Gasteiger partial charge in [-0.25, -0.2) is 13.6 Å². The molecule has 1 aliphatic rings. The molecule has 0 saturated carbocycles. The number of anilines is 1. The fourth-order valence-corrected chi connectivity index (χ4v) is 2.82. The predicted molar refractivity (Wildman–Crippen MR) is 67.6 cm³/mol. The minimum Gasteiger partial charge on any atom is -0.309 e. The van der Waals surface area contributed by atoms with Gasteiger partial charge in [0, 0.05) is 18.7 Å². The molecule has 2 heterocycles. The van der Waals surface area contributed by atoms with E-state index < -0.39 is 15.3 Å². The molecule has 1 saturated heterocycles. The second kappa shape index (κ2) is 4.33. The van der Waals surface area contributed by atoms with E-state index in [2.05, 4.69) is 4.98 Å². The number of carbonyl (C=O) groups excluding carboxylic acids is 1. The number of hydrogen-bond donors (Lipinski definition) is 1. The molecule has 1 aliphatic heterocycles. The lowest BCUT2D eigenvalue weighted by Crippen LogP contribution is -2.32. The molecule has 0 aliphatic carbocycles. The van der Waals surface area contributed by atoms with Gasteiger partial charge in [0.05, 0.1) is 11.4 Å². The van der Waals surface area contributed by atoms with Crippen LogP contribution in [0.3, 0.4) is 0 Å². The Labute approximate surface area is 106 Å². The SMILES string of the molecule is Cc1ccc(N2CC(S(N)(=O)=O)CC2=O)c(C)n1. The lowest BCUT2D eigenvalue weighted by Gasteiger charge is -2.18. The fraction of sp³-hybridized carbons (Fsp3) is 0.455. The highest BCUT2D eigenvalue weighted by molar-refractivity contribution is 7.89. The van der Waals surface area contributed by atoms with Crippen molar-refractivity contribution in [3.8, 4) is 0 Å². The number of amides is 1. The Morgan fingerprint density at radius 3 is 2.56 bits per heavy atom. The summed E-state index contributed by atoms with van der Waals surface area (Å²) in [5.41, 5.74) is 2.21. The minimum absolute atomic E-state index is 0.0633. The molecule has 0 radical (unpaired) electrons. The zero-order valence-corrected chi connectivity index (χ0v) is 11.1. The molecule has 1 aromatic heterocycles. The maximum absolute atomic E-state index is 11.8. The van der Waals surface area contributed by atoms with Crippen molar-refractivity contribution in [2.45, 2.75) is 25.5 Å². The van der Waals surface area contributed by atoms with Crippen LogP contribution in [0.2, 0.25) is 0 Å². The van der Waals surface area contributed by atoms with E-state index in [1.807, 2.05) is 6.92 Å². The first kappa shape index (κ1) is 13.0. The number of hydrogen-bond acceptors (Lipinski definition) is 4. The van der Waals surface area contributed by atoms with Gasteiger partial charge in [-0.2, -0.15) is 0 Å². The summed E-state index contributed by atoms with van der Waals surface area (Å²) in [5.74, 6) is -0.234. The van der Waals surface area contributed by atoms with Crippen LogP contribution in [-0.4, -0.2) is 31.1 Å². The third-order valence-electron chi connectivity index (χ3n) is 3.04. The van der Waals surface area contributed by atoms with Crippen molar-refractivity contribution in [3.05, 3.63) is 23.5 Å². The second-order valence-corrected chi connectivity index (χ2v) is 6.32. The summed E-state index contributed by atoms with van der Waals surface area (Å²) in [6, 6.07) is 3.57. The van der Waals surface area contributed by atoms with Crippen molar-refractivity contribution < 1.29 is 13.2 Å². The number of rotatable bonds is 2. The first-order valence-corrected chi connectivity index (χ1v) is 7.16. The van der Waals surface area contributed by atoms with Gasteiger partial charge in [-0.15, -0.1) is 0 Å². The highest BCUT2D eigenvalue weighted by Gasteiger charge is 2.37. The zero-order valence-electron chi connectivity index (χ0n) is 10.3. The molecule has 7 heteroatoms. The molecule has 1 amide bonds. The van der Waals surface area contributed by atoms with Gasteiger partial charge in [0.2, 0.25) is 15.9 Å². The Balaban J connectivity index is 2.33. The van der Waals surface area contributed by atoms with Crippen molar-refractivity contribution in [1.82, 2.24) is 4.98 Å². The van der Waals surface area contributed by atoms with E-state index in [0.29, 0.717) is 11.4 Å². The number of aromatic nitrogens is 1. The number of primary sulfonamides is 1. The smallest absolute Gasteiger partial charge is 0.228 e. The number of nitrogens with two attached hydrogens (primary N) is 1. The van der Waals surface area contributed by atoms with Crippen molar-refractivity contribution >= 4 is 21.6 Å². The number of nitrogens with zero attached hydrogens (tertiary/aromatic N) is 2. The van der Waals surface area contributed by atoms with Crippen LogP contribution < -0.4 is 10.0 Å². The van der Waals surface area contributed by atoms with E-state index in [9.17, 15) is 13.2 Å². The molecule has 2 rings (SSSR count). The highest BCUT2D eigenvalue weighted by atomic mass is 32.2. The van der Waals surface area contributed by atoms with Crippen LogP contribution in [0.15, 0.2) is 12.1 Å². The van der Waals surface area contributed by atoms with Gasteiger partial charge in [0.25, 0.3) is 0 Å². The molecule has 0 spiro atoms. The summed E-state index contributed by atoms with van der Waals surface area (Å²) < 4.78 is 22.6. The third kappa shape index (κ3) is 2.37. The first-order valence-electron chi connectivity index (χ1n) is 5.55. The normalized spacial score (nSPS) is 20.5. The molecule has 0 bridgehead atoms. The van der Waals surface area contributed by atoms with Crippen molar-refractivity contribution in [2.75, 3.05) is 11.4 Å². The molecule has 6 nitrogen and oxygen atoms in total. The largest absolute Gasteiger partial charge is 0.309 e. The molecule has 98 valence electrons. The van der Waals surface area contributed by atoms with Crippen LogP contribution >= 0.6 is 0 Å². The summed E-state index contributed by atoms with van der Waals surface area (Å²) in [4.78, 5) is 17.6. The van der Waals surface area contributed by atoms with Crippen LogP contribution in [0.5, 0.6) is 0 Å². The van der Waals surface area contributed by atoms with Gasteiger partial charge in [-0.05, 0) is 26.0 Å². The van der Waals surface area contributed by atoms with Gasteiger partial charge in [0.1, 0.15) is 5.25 Å². The predicted octanol–water partition coefficient (Wildman–Crippen LogP) is 0.0922. The zero-order chi connectivity index (χ0) is 13.5. The fourth-order valence-electron chi connectivity index (χ4n) is 2.09. The number of carbonyl (C=O) groups is 1. The molecule has 1 aromatic rings. The minimum atomic E-state index is -3.68. The van der Waals surface area contributed by atoms with Crippen LogP contribution in [-0.2, 0) is 14.8 Å². The van der Waals surface area contributed by atoms with E-state index in [0.717, 1.165) is 5.69 Å². The van der Waals surface area contributed by atoms with Gasteiger partial charge < -0.3 is 4.90 Å². The van der Waals surface area contributed by atoms with Gasteiger partial charge in [-0.3, -0.25) is 9.78 Å². The summed E-state index contributed by atoms with van der Waals surface area (Å²) in [5, 5.41) is 4.26. The molecule has 18 heavy (non-hydrogen) atoms. The van der Waals surface area contributed by atoms with Gasteiger partial charge >= 0.3 is 0 Å². The molecule has 1 fully saturated rings. The third-order valence-corrected chi connectivity index (χ3v) is 4.29. The molecular formula is C11H15N3O3S. The molecule has 0 aromatic carbocycles. The summed E-state index contributed by atoms with van der Waals surface area (Å²) >= 11 is 0. The van der Waals surface area contributed by atoms with Crippen molar-refractivity contribution in [1.29, 1.82) is 0 Å². The average Bonchev–Trinajstić information content (AvgIpc) is 2.60. The number of pyridine rings is 1. The summed E-state index contributed by atoms with van der Waals surface area (Å²) in [7, 11) is -3.68. The van der Waals surface area contributed by atoms with Gasteiger partial charge in [0.15, 0.2) is 0 Å². The second-order valence-electron chi connectivity index (χ2n) is 4.48. The van der Waals surface area contributed by atoms with E-state index in [1.54, 1.807) is 19.1 Å². The molecule has 1 unspecified atom stereocenters. The Kier molecular flexibility index (Phi) is 3.12. The standard InChI is InChI=1S/C11H15N3O3S/c1-7-3-4-10(8(2)13-7)14-6-9(5-11(14)15)18(12,16)17/h3-4,9H,5-6H2,1-2H3,(H2,12,16,17). The Hall–Kier alpha value is -1.47. The highest BCUT2D eigenvalue weighted by Crippen LogP contribution is 2.26. The summed E-state index contributed by atoms with van der Waals surface area (Å²) in [6.45, 7) is 3.75. The first-order chi connectivity index (χ1) is 8.29. The lowest BCUT2D eigenvalue weighted by molar-refractivity contribution is -0.117. The van der Waals surface area contributed by atoms with E-state index in [-0.39, 0.29) is 18.9 Å². The number of sulfonamides is 1. The Morgan fingerprint density at radius 1 is 1.39 bits per heavy atom. The average molecular weight is 269 g/mol. The topological polar surface area (TPSA) is 93.4 Å². The summed E-state index contributed by atoms with van der Waals surface area (Å²) in [6.07, 6.45) is -0.0633. The molecule has 2 N–H and O–H groups in total. The van der Waals surface area contributed by atoms with E-state index in [1.165, 1.54) is 4.90 Å². The van der Waals surface area contributed by atoms with Crippen LogP contribution in [0.4, 0.5) is 5.69 Å². The van der Waals surface area contributed by atoms with E-state index >= 15 is 0 Å². The Morgan fingerprint density at radius 2 is 2.06 bits per heavy atom. The number of aryl methyl sites for hydroxylation is 2. The van der Waals surface area contributed by atoms with Crippen LogP contribution in [0.1, 0.15) is 17.8 Å². The van der Waals surface area contributed by atoms with Crippen molar-refractivity contribution in [2.24, 2.45) is 5.14 Å². The lowest BCUT2D eigenvalue weighted by atomic mass is 10.2. The quantitative estimate of drug-likeness (QED) is 0.823. The maximum atomic E-state index is 11.8. The molecule has 1 atom stereocenters. The monoisotopic (exact) mass is 269 g/mol. The van der Waals surface area contributed by atoms with Crippen LogP contribution in [0.25, 0.3) is 0 Å². The maximum Gasteiger partial charge on any atom is 0.228 e. The van der Waals surface area contributed by atoms with Crippen molar-refractivity contribution in [3.63, 3.8) is 0 Å². The van der Waals surface area contributed by atoms with E-state index in [4.69, 9.17) is 5.14 Å².